The molecule has 0 aliphatic rings. The molecule has 0 bridgehead atoms. The van der Waals surface area contributed by atoms with Crippen molar-refractivity contribution in [2.45, 2.75) is 30.7 Å². The van der Waals surface area contributed by atoms with E-state index in [4.69, 9.17) is 5.11 Å². The van der Waals surface area contributed by atoms with Gasteiger partial charge in [-0.2, -0.15) is 0 Å². The van der Waals surface area contributed by atoms with Crippen LogP contribution < -0.4 is 4.72 Å². The highest BCUT2D eigenvalue weighted by atomic mass is 32.2. The number of carbonyl (C=O) groups is 1. The fourth-order valence-corrected chi connectivity index (χ4v) is 2.70. The van der Waals surface area contributed by atoms with Crippen molar-refractivity contribution in [3.05, 3.63) is 29.8 Å². The Kier molecular flexibility index (Phi) is 6.32. The second-order valence-corrected chi connectivity index (χ2v) is 6.97. The number of sulfonamides is 1. The number of likely N-dealkylation sites (N-methyl/N-ethyl adjacent to an activating group) is 1. The van der Waals surface area contributed by atoms with Gasteiger partial charge in [0.25, 0.3) is 0 Å². The predicted molar refractivity (Wildman–Crippen MR) is 80.7 cm³/mol. The van der Waals surface area contributed by atoms with Crippen molar-refractivity contribution in [2.75, 3.05) is 20.6 Å². The Hall–Kier alpha value is -1.44. The van der Waals surface area contributed by atoms with Gasteiger partial charge in [-0.3, -0.25) is 4.79 Å². The van der Waals surface area contributed by atoms with E-state index in [0.29, 0.717) is 13.0 Å². The van der Waals surface area contributed by atoms with Gasteiger partial charge in [-0.1, -0.05) is 12.1 Å². The van der Waals surface area contributed by atoms with Crippen molar-refractivity contribution in [3.8, 4) is 0 Å². The third-order valence-electron chi connectivity index (χ3n) is 3.31. The van der Waals surface area contributed by atoms with Crippen LogP contribution in [0.4, 0.5) is 0 Å². The van der Waals surface area contributed by atoms with Crippen LogP contribution in [0.15, 0.2) is 29.2 Å². The van der Waals surface area contributed by atoms with Crippen molar-refractivity contribution >= 4 is 16.0 Å². The molecule has 1 aromatic rings. The summed E-state index contributed by atoms with van der Waals surface area (Å²) < 4.78 is 26.8. The number of aryl methyl sites for hydroxylation is 1. The summed E-state index contributed by atoms with van der Waals surface area (Å²) in [6, 6.07) is 6.38. The van der Waals surface area contributed by atoms with Crippen molar-refractivity contribution in [1.29, 1.82) is 0 Å². The molecule has 21 heavy (non-hydrogen) atoms. The van der Waals surface area contributed by atoms with Crippen LogP contribution in [0.5, 0.6) is 0 Å². The number of nitrogens with zero attached hydrogens (tertiary/aromatic N) is 1. The van der Waals surface area contributed by atoms with Gasteiger partial charge >= 0.3 is 5.97 Å². The Bertz CT molecular complexity index is 567. The third-order valence-corrected chi connectivity index (χ3v) is 4.75. The minimum Gasteiger partial charge on any atom is -0.481 e. The molecule has 0 saturated carbocycles. The molecule has 6 nitrogen and oxygen atoms in total. The Morgan fingerprint density at radius 1 is 1.29 bits per heavy atom. The second kappa shape index (κ2) is 7.53. The maximum absolute atomic E-state index is 12.1. The minimum atomic E-state index is -3.53. The van der Waals surface area contributed by atoms with Gasteiger partial charge in [-0.25, -0.2) is 13.1 Å². The van der Waals surface area contributed by atoms with Crippen LogP contribution in [0, 0.1) is 0 Å². The number of rotatable bonds is 8. The molecule has 0 aliphatic carbocycles. The molecule has 0 spiro atoms. The molecule has 1 atom stereocenters. The molecular weight excluding hydrogens is 292 g/mol. The summed E-state index contributed by atoms with van der Waals surface area (Å²) in [5.74, 6) is -0.869. The van der Waals surface area contributed by atoms with Crippen molar-refractivity contribution in [1.82, 2.24) is 9.62 Å². The SMILES string of the molecule is CC(CNS(=O)(=O)c1ccc(CCC(=O)O)cc1)N(C)C. The number of nitrogens with one attached hydrogen (secondary N) is 1. The Morgan fingerprint density at radius 3 is 2.33 bits per heavy atom. The first kappa shape index (κ1) is 17.6. The van der Waals surface area contributed by atoms with E-state index in [1.807, 2.05) is 25.9 Å². The van der Waals surface area contributed by atoms with E-state index in [1.54, 1.807) is 12.1 Å². The van der Waals surface area contributed by atoms with E-state index in [2.05, 4.69) is 4.72 Å². The quantitative estimate of drug-likeness (QED) is 0.745. The molecule has 0 radical (unpaired) electrons. The van der Waals surface area contributed by atoms with Gasteiger partial charge in [0, 0.05) is 19.0 Å². The highest BCUT2D eigenvalue weighted by Crippen LogP contribution is 2.12. The number of aliphatic carboxylic acids is 1. The molecule has 0 fully saturated rings. The fourth-order valence-electron chi connectivity index (χ4n) is 1.58. The lowest BCUT2D eigenvalue weighted by molar-refractivity contribution is -0.136. The molecule has 1 rings (SSSR count). The summed E-state index contributed by atoms with van der Waals surface area (Å²) in [6.45, 7) is 2.26. The van der Waals surface area contributed by atoms with Crippen LogP contribution in [0.3, 0.4) is 0 Å². The maximum atomic E-state index is 12.1. The zero-order chi connectivity index (χ0) is 16.0. The average Bonchev–Trinajstić information content (AvgIpc) is 2.43. The molecule has 2 N–H and O–H groups in total. The largest absolute Gasteiger partial charge is 0.481 e. The molecule has 118 valence electrons. The van der Waals surface area contributed by atoms with Gasteiger partial charge < -0.3 is 10.0 Å². The van der Waals surface area contributed by atoms with Crippen LogP contribution in [0.25, 0.3) is 0 Å². The van der Waals surface area contributed by atoms with Crippen LogP contribution in [-0.2, 0) is 21.2 Å². The fraction of sp³-hybridized carbons (Fsp3) is 0.500. The topological polar surface area (TPSA) is 86.7 Å². The molecule has 0 aliphatic heterocycles. The minimum absolute atomic E-state index is 0.0324. The van der Waals surface area contributed by atoms with Crippen molar-refractivity contribution in [2.24, 2.45) is 0 Å². The number of hydrogen-bond acceptors (Lipinski definition) is 4. The normalized spacial score (nSPS) is 13.3. The first-order valence-electron chi connectivity index (χ1n) is 6.69. The summed E-state index contributed by atoms with van der Waals surface area (Å²) in [5, 5.41) is 8.62. The van der Waals surface area contributed by atoms with E-state index >= 15 is 0 Å². The number of carboxylic acids is 1. The number of benzene rings is 1. The van der Waals surface area contributed by atoms with E-state index in [0.717, 1.165) is 5.56 Å². The van der Waals surface area contributed by atoms with Crippen LogP contribution >= 0.6 is 0 Å². The third kappa shape index (κ3) is 5.82. The van der Waals surface area contributed by atoms with Crippen LogP contribution in [0.2, 0.25) is 0 Å². The van der Waals surface area contributed by atoms with Crippen molar-refractivity contribution in [3.63, 3.8) is 0 Å². The molecular formula is C14H22N2O4S. The molecule has 1 unspecified atom stereocenters. The smallest absolute Gasteiger partial charge is 0.303 e. The summed E-state index contributed by atoms with van der Waals surface area (Å²) in [7, 11) is 0.240. The first-order valence-corrected chi connectivity index (χ1v) is 8.17. The monoisotopic (exact) mass is 314 g/mol. The van der Waals surface area contributed by atoms with Crippen LogP contribution in [-0.4, -0.2) is 51.1 Å². The summed E-state index contributed by atoms with van der Waals surface area (Å²) in [5.41, 5.74) is 0.804. The van der Waals surface area contributed by atoms with Crippen LogP contribution in [0.1, 0.15) is 18.9 Å². The summed E-state index contributed by atoms with van der Waals surface area (Å²) in [4.78, 5) is 12.6. The highest BCUT2D eigenvalue weighted by Gasteiger charge is 2.15. The lowest BCUT2D eigenvalue weighted by Crippen LogP contribution is -2.38. The zero-order valence-corrected chi connectivity index (χ0v) is 13.4. The molecule has 0 aromatic heterocycles. The highest BCUT2D eigenvalue weighted by molar-refractivity contribution is 7.89. The summed E-state index contributed by atoms with van der Waals surface area (Å²) >= 11 is 0. The Balaban J connectivity index is 2.69. The lowest BCUT2D eigenvalue weighted by Gasteiger charge is -2.20. The summed E-state index contributed by atoms with van der Waals surface area (Å²) in [6.07, 6.45) is 0.422. The Labute approximate surface area is 125 Å². The van der Waals surface area contributed by atoms with E-state index in [1.165, 1.54) is 12.1 Å². The number of hydrogen-bond donors (Lipinski definition) is 2. The van der Waals surface area contributed by atoms with Gasteiger partial charge in [0.15, 0.2) is 0 Å². The molecule has 0 heterocycles. The molecule has 7 heteroatoms. The average molecular weight is 314 g/mol. The van der Waals surface area contributed by atoms with Gasteiger partial charge in [0.2, 0.25) is 10.0 Å². The van der Waals surface area contributed by atoms with E-state index in [9.17, 15) is 13.2 Å². The zero-order valence-electron chi connectivity index (χ0n) is 12.5. The van der Waals surface area contributed by atoms with Gasteiger partial charge in [-0.15, -0.1) is 0 Å². The van der Waals surface area contributed by atoms with Gasteiger partial charge in [0.1, 0.15) is 0 Å². The Morgan fingerprint density at radius 2 is 1.86 bits per heavy atom. The number of carboxylic acid groups (broad SMARTS) is 1. The van der Waals surface area contributed by atoms with Gasteiger partial charge in [-0.05, 0) is 45.1 Å². The van der Waals surface area contributed by atoms with Crippen molar-refractivity contribution < 1.29 is 18.3 Å². The second-order valence-electron chi connectivity index (χ2n) is 5.20. The maximum Gasteiger partial charge on any atom is 0.303 e. The molecule has 0 amide bonds. The standard InChI is InChI=1S/C14H22N2O4S/c1-11(16(2)3)10-15-21(19,20)13-7-4-12(5-8-13)6-9-14(17)18/h4-5,7-8,11,15H,6,9-10H2,1-3H3,(H,17,18). The van der Waals surface area contributed by atoms with E-state index < -0.39 is 16.0 Å². The lowest BCUT2D eigenvalue weighted by atomic mass is 10.1. The van der Waals surface area contributed by atoms with E-state index in [-0.39, 0.29) is 17.4 Å². The van der Waals surface area contributed by atoms with Gasteiger partial charge in [0.05, 0.1) is 4.90 Å². The molecule has 1 aromatic carbocycles. The molecule has 0 saturated heterocycles. The predicted octanol–water partition coefficient (Wildman–Crippen LogP) is 0.932. The first-order chi connectivity index (χ1) is 9.72.